The van der Waals surface area contributed by atoms with Crippen molar-refractivity contribution in [1.82, 2.24) is 10.2 Å². The molecular formula is C24H32N2O2S. The van der Waals surface area contributed by atoms with E-state index in [-0.39, 0.29) is 11.8 Å². The van der Waals surface area contributed by atoms with Gasteiger partial charge in [-0.2, -0.15) is 0 Å². The normalized spacial score (nSPS) is 11.9. The molecule has 0 saturated heterocycles. The van der Waals surface area contributed by atoms with Gasteiger partial charge >= 0.3 is 0 Å². The predicted molar refractivity (Wildman–Crippen MR) is 122 cm³/mol. The zero-order chi connectivity index (χ0) is 21.2. The van der Waals surface area contributed by atoms with E-state index in [2.05, 4.69) is 37.4 Å². The van der Waals surface area contributed by atoms with E-state index in [1.165, 1.54) is 5.56 Å². The number of nitrogens with one attached hydrogen (secondary N) is 1. The monoisotopic (exact) mass is 412 g/mol. The molecule has 0 aromatic heterocycles. The summed E-state index contributed by atoms with van der Waals surface area (Å²) >= 11 is 1.58. The van der Waals surface area contributed by atoms with Crippen molar-refractivity contribution in [2.24, 2.45) is 5.92 Å². The van der Waals surface area contributed by atoms with Gasteiger partial charge in [0.25, 0.3) is 0 Å². The topological polar surface area (TPSA) is 49.4 Å². The molecule has 0 aliphatic heterocycles. The van der Waals surface area contributed by atoms with Gasteiger partial charge in [0.15, 0.2) is 0 Å². The Morgan fingerprint density at radius 2 is 1.69 bits per heavy atom. The van der Waals surface area contributed by atoms with Crippen LogP contribution in [-0.4, -0.2) is 35.1 Å². The third-order valence-electron chi connectivity index (χ3n) is 4.62. The fourth-order valence-corrected chi connectivity index (χ4v) is 3.83. The summed E-state index contributed by atoms with van der Waals surface area (Å²) in [5.74, 6) is 1.38. The molecule has 0 spiro atoms. The largest absolute Gasteiger partial charge is 0.354 e. The lowest BCUT2D eigenvalue weighted by atomic mass is 10.1. The number of amides is 2. The average molecular weight is 413 g/mol. The number of hydrogen-bond donors (Lipinski definition) is 1. The van der Waals surface area contributed by atoms with Gasteiger partial charge in [-0.15, -0.1) is 11.8 Å². The maximum Gasteiger partial charge on any atom is 0.242 e. The van der Waals surface area contributed by atoms with Crippen molar-refractivity contribution < 1.29 is 9.59 Å². The van der Waals surface area contributed by atoms with Gasteiger partial charge in [-0.1, -0.05) is 74.0 Å². The zero-order valence-corrected chi connectivity index (χ0v) is 18.7. The highest BCUT2D eigenvalue weighted by atomic mass is 32.2. The molecule has 1 atom stereocenters. The second-order valence-electron chi connectivity index (χ2n) is 7.80. The Morgan fingerprint density at radius 3 is 2.34 bits per heavy atom. The number of carbonyl (C=O) groups excluding carboxylic acids is 2. The molecule has 0 aliphatic rings. The van der Waals surface area contributed by atoms with E-state index < -0.39 is 6.04 Å². The van der Waals surface area contributed by atoms with Crippen molar-refractivity contribution in [3.8, 4) is 0 Å². The number of benzene rings is 2. The summed E-state index contributed by atoms with van der Waals surface area (Å²) in [5.41, 5.74) is 3.37. The van der Waals surface area contributed by atoms with Crippen molar-refractivity contribution in [3.05, 3.63) is 71.3 Å². The van der Waals surface area contributed by atoms with Crippen molar-refractivity contribution >= 4 is 23.6 Å². The van der Waals surface area contributed by atoms with E-state index >= 15 is 0 Å². The first kappa shape index (κ1) is 23.0. The molecule has 0 radical (unpaired) electrons. The van der Waals surface area contributed by atoms with Crippen LogP contribution >= 0.6 is 11.8 Å². The molecular weight excluding hydrogens is 380 g/mol. The first-order valence-corrected chi connectivity index (χ1v) is 11.3. The summed E-state index contributed by atoms with van der Waals surface area (Å²) in [7, 11) is 0. The molecule has 5 heteroatoms. The summed E-state index contributed by atoms with van der Waals surface area (Å²) in [6.07, 6.45) is 0. The fourth-order valence-electron chi connectivity index (χ4n) is 2.96. The van der Waals surface area contributed by atoms with E-state index in [0.717, 1.165) is 16.9 Å². The standard InChI is InChI=1S/C24H32N2O2S/c1-18(2)14-25-24(28)20(4)26(15-22-12-8-9-19(3)13-22)23(27)17-29-16-21-10-6-5-7-11-21/h5-13,18,20H,14-17H2,1-4H3,(H,25,28). The summed E-state index contributed by atoms with van der Waals surface area (Å²) in [6.45, 7) is 9.00. The lowest BCUT2D eigenvalue weighted by Gasteiger charge is -2.29. The Balaban J connectivity index is 2.05. The van der Waals surface area contributed by atoms with Crippen LogP contribution in [0.5, 0.6) is 0 Å². The highest BCUT2D eigenvalue weighted by Gasteiger charge is 2.26. The lowest BCUT2D eigenvalue weighted by molar-refractivity contribution is -0.138. The number of rotatable bonds is 10. The number of nitrogens with zero attached hydrogens (tertiary/aromatic N) is 1. The minimum atomic E-state index is -0.515. The summed E-state index contributed by atoms with van der Waals surface area (Å²) < 4.78 is 0. The van der Waals surface area contributed by atoms with Crippen LogP contribution < -0.4 is 5.32 Å². The van der Waals surface area contributed by atoms with Crippen LogP contribution in [0.3, 0.4) is 0 Å². The highest BCUT2D eigenvalue weighted by molar-refractivity contribution is 7.99. The Kier molecular flexibility index (Phi) is 9.26. The second-order valence-corrected chi connectivity index (χ2v) is 8.79. The van der Waals surface area contributed by atoms with Gasteiger partial charge in [-0.3, -0.25) is 9.59 Å². The minimum absolute atomic E-state index is 0.0142. The molecule has 0 fully saturated rings. The van der Waals surface area contributed by atoms with Crippen molar-refractivity contribution in [2.45, 2.75) is 46.0 Å². The first-order valence-electron chi connectivity index (χ1n) is 10.1. The minimum Gasteiger partial charge on any atom is -0.354 e. The molecule has 0 heterocycles. The van der Waals surface area contributed by atoms with Crippen LogP contribution in [0.1, 0.15) is 37.5 Å². The first-order chi connectivity index (χ1) is 13.9. The molecule has 156 valence electrons. The van der Waals surface area contributed by atoms with E-state index in [0.29, 0.717) is 24.8 Å². The quantitative estimate of drug-likeness (QED) is 0.628. The van der Waals surface area contributed by atoms with Crippen LogP contribution in [0.2, 0.25) is 0 Å². The van der Waals surface area contributed by atoms with E-state index in [4.69, 9.17) is 0 Å². The maximum absolute atomic E-state index is 13.0. The van der Waals surface area contributed by atoms with Gasteiger partial charge in [0.1, 0.15) is 6.04 Å². The Morgan fingerprint density at radius 1 is 1.00 bits per heavy atom. The Hall–Kier alpha value is -2.27. The van der Waals surface area contributed by atoms with Gasteiger partial charge in [0, 0.05) is 18.8 Å². The lowest BCUT2D eigenvalue weighted by Crippen LogP contribution is -2.48. The Bertz CT molecular complexity index is 792. The van der Waals surface area contributed by atoms with Gasteiger partial charge in [0.2, 0.25) is 11.8 Å². The molecule has 0 aliphatic carbocycles. The third kappa shape index (κ3) is 7.94. The fraction of sp³-hybridized carbons (Fsp3) is 0.417. The molecule has 0 bridgehead atoms. The van der Waals surface area contributed by atoms with Gasteiger partial charge in [0.05, 0.1) is 5.75 Å². The van der Waals surface area contributed by atoms with Crippen LogP contribution in [-0.2, 0) is 21.9 Å². The third-order valence-corrected chi connectivity index (χ3v) is 5.61. The van der Waals surface area contributed by atoms with Crippen molar-refractivity contribution in [3.63, 3.8) is 0 Å². The highest BCUT2D eigenvalue weighted by Crippen LogP contribution is 2.16. The molecule has 2 aromatic rings. The molecule has 2 amide bonds. The molecule has 2 aromatic carbocycles. The molecule has 0 saturated carbocycles. The summed E-state index contributed by atoms with van der Waals surface area (Å²) in [5, 5.41) is 2.96. The van der Waals surface area contributed by atoms with Gasteiger partial charge < -0.3 is 10.2 Å². The second kappa shape index (κ2) is 11.7. The van der Waals surface area contributed by atoms with Gasteiger partial charge in [-0.25, -0.2) is 0 Å². The van der Waals surface area contributed by atoms with Crippen LogP contribution in [0.25, 0.3) is 0 Å². The van der Waals surface area contributed by atoms with Crippen LogP contribution in [0, 0.1) is 12.8 Å². The molecule has 1 unspecified atom stereocenters. The number of thioether (sulfide) groups is 1. The predicted octanol–water partition coefficient (Wildman–Crippen LogP) is 4.42. The molecule has 1 N–H and O–H groups in total. The number of aryl methyl sites for hydroxylation is 1. The van der Waals surface area contributed by atoms with Crippen molar-refractivity contribution in [1.29, 1.82) is 0 Å². The average Bonchev–Trinajstić information content (AvgIpc) is 2.70. The SMILES string of the molecule is Cc1cccc(CN(C(=O)CSCc2ccccc2)C(C)C(=O)NCC(C)C)c1. The molecule has 29 heavy (non-hydrogen) atoms. The van der Waals surface area contributed by atoms with Crippen LogP contribution in [0.15, 0.2) is 54.6 Å². The maximum atomic E-state index is 13.0. The smallest absolute Gasteiger partial charge is 0.242 e. The summed E-state index contributed by atoms with van der Waals surface area (Å²) in [6, 6.07) is 17.7. The Labute approximate surface area is 179 Å². The van der Waals surface area contributed by atoms with Crippen LogP contribution in [0.4, 0.5) is 0 Å². The zero-order valence-electron chi connectivity index (χ0n) is 17.9. The van der Waals surface area contributed by atoms with E-state index in [9.17, 15) is 9.59 Å². The molecule has 4 nitrogen and oxygen atoms in total. The number of hydrogen-bond acceptors (Lipinski definition) is 3. The number of carbonyl (C=O) groups is 2. The molecule has 2 rings (SSSR count). The van der Waals surface area contributed by atoms with E-state index in [1.54, 1.807) is 16.7 Å². The summed E-state index contributed by atoms with van der Waals surface area (Å²) in [4.78, 5) is 27.4. The van der Waals surface area contributed by atoms with Gasteiger partial charge in [-0.05, 0) is 30.9 Å². The van der Waals surface area contributed by atoms with E-state index in [1.807, 2.05) is 50.2 Å². The van der Waals surface area contributed by atoms with Crippen molar-refractivity contribution in [2.75, 3.05) is 12.3 Å².